The van der Waals surface area contributed by atoms with Gasteiger partial charge in [-0.05, 0) is 29.8 Å². The minimum Gasteiger partial charge on any atom is -0.283 e. The lowest BCUT2D eigenvalue weighted by Crippen LogP contribution is -2.17. The normalized spacial score (nSPS) is 18.2. The zero-order chi connectivity index (χ0) is 11.8. The SMILES string of the molecule is O=S1c2cc(Br)ccc2CN1c1ccccc1. The Morgan fingerprint density at radius 2 is 1.88 bits per heavy atom. The van der Waals surface area contributed by atoms with Gasteiger partial charge in [-0.1, -0.05) is 40.2 Å². The topological polar surface area (TPSA) is 20.3 Å². The number of hydrogen-bond acceptors (Lipinski definition) is 1. The Morgan fingerprint density at radius 1 is 1.12 bits per heavy atom. The summed E-state index contributed by atoms with van der Waals surface area (Å²) in [5.74, 6) is 0. The summed E-state index contributed by atoms with van der Waals surface area (Å²) in [6.45, 7) is 0.708. The first-order valence-corrected chi connectivity index (χ1v) is 7.18. The van der Waals surface area contributed by atoms with Gasteiger partial charge in [0.25, 0.3) is 0 Å². The highest BCUT2D eigenvalue weighted by Crippen LogP contribution is 2.33. The molecule has 86 valence electrons. The summed E-state index contributed by atoms with van der Waals surface area (Å²) < 4.78 is 15.3. The molecule has 0 saturated heterocycles. The molecular weight excluding hydrogens is 298 g/mol. The summed E-state index contributed by atoms with van der Waals surface area (Å²) in [4.78, 5) is 0.906. The number of benzene rings is 2. The van der Waals surface area contributed by atoms with Crippen molar-refractivity contribution in [2.24, 2.45) is 0 Å². The van der Waals surface area contributed by atoms with Crippen LogP contribution < -0.4 is 4.31 Å². The van der Waals surface area contributed by atoms with E-state index in [0.717, 1.165) is 20.6 Å². The fourth-order valence-corrected chi connectivity index (χ4v) is 3.84. The minimum atomic E-state index is -1.09. The van der Waals surface area contributed by atoms with Gasteiger partial charge in [0.2, 0.25) is 0 Å². The molecule has 1 heterocycles. The molecule has 0 aliphatic carbocycles. The first-order valence-electron chi connectivity index (χ1n) is 5.28. The number of nitrogens with zero attached hydrogens (tertiary/aromatic N) is 1. The van der Waals surface area contributed by atoms with Crippen molar-refractivity contribution in [3.63, 3.8) is 0 Å². The minimum absolute atomic E-state index is 0.708. The summed E-state index contributed by atoms with van der Waals surface area (Å²) in [6, 6.07) is 15.8. The van der Waals surface area contributed by atoms with Crippen molar-refractivity contribution in [1.82, 2.24) is 0 Å². The van der Waals surface area contributed by atoms with E-state index in [4.69, 9.17) is 0 Å². The predicted octanol–water partition coefficient (Wildman–Crippen LogP) is 3.49. The van der Waals surface area contributed by atoms with Crippen LogP contribution in [0.2, 0.25) is 0 Å². The second-order valence-corrected chi connectivity index (χ2v) is 6.17. The zero-order valence-corrected chi connectivity index (χ0v) is 11.4. The summed E-state index contributed by atoms with van der Waals surface area (Å²) in [6.07, 6.45) is 0. The van der Waals surface area contributed by atoms with Gasteiger partial charge in [-0.25, -0.2) is 4.21 Å². The van der Waals surface area contributed by atoms with Gasteiger partial charge in [0, 0.05) is 10.2 Å². The standard InChI is InChI=1S/C13H10BrNOS/c14-11-7-6-10-9-15(17(16)13(10)8-11)12-4-2-1-3-5-12/h1-8H,9H2. The Balaban J connectivity index is 2.02. The molecule has 2 nitrogen and oxygen atoms in total. The van der Waals surface area contributed by atoms with Crippen molar-refractivity contribution in [2.75, 3.05) is 4.31 Å². The quantitative estimate of drug-likeness (QED) is 0.790. The Bertz CT molecular complexity index is 585. The molecule has 4 heteroatoms. The van der Waals surface area contributed by atoms with Crippen molar-refractivity contribution < 1.29 is 4.21 Å². The van der Waals surface area contributed by atoms with Gasteiger partial charge in [-0.15, -0.1) is 0 Å². The maximum Gasteiger partial charge on any atom is 0.153 e. The zero-order valence-electron chi connectivity index (χ0n) is 8.97. The predicted molar refractivity (Wildman–Crippen MR) is 73.2 cm³/mol. The maximum atomic E-state index is 12.4. The highest BCUT2D eigenvalue weighted by Gasteiger charge is 2.27. The molecule has 0 fully saturated rings. The van der Waals surface area contributed by atoms with Crippen LogP contribution in [-0.4, -0.2) is 4.21 Å². The van der Waals surface area contributed by atoms with E-state index in [1.54, 1.807) is 0 Å². The van der Waals surface area contributed by atoms with Crippen molar-refractivity contribution in [2.45, 2.75) is 11.4 Å². The third-order valence-electron chi connectivity index (χ3n) is 2.78. The van der Waals surface area contributed by atoms with Crippen LogP contribution >= 0.6 is 15.9 Å². The maximum absolute atomic E-state index is 12.4. The van der Waals surface area contributed by atoms with Crippen LogP contribution in [0.5, 0.6) is 0 Å². The van der Waals surface area contributed by atoms with Crippen LogP contribution in [0.3, 0.4) is 0 Å². The second-order valence-electron chi connectivity index (χ2n) is 3.87. The molecule has 0 N–H and O–H groups in total. The fourth-order valence-electron chi connectivity index (χ4n) is 1.93. The molecule has 1 unspecified atom stereocenters. The van der Waals surface area contributed by atoms with E-state index in [0.29, 0.717) is 6.54 Å². The fraction of sp³-hybridized carbons (Fsp3) is 0.0769. The monoisotopic (exact) mass is 307 g/mol. The molecule has 17 heavy (non-hydrogen) atoms. The Kier molecular flexibility index (Phi) is 2.76. The van der Waals surface area contributed by atoms with E-state index in [-0.39, 0.29) is 0 Å². The molecule has 0 radical (unpaired) electrons. The number of anilines is 1. The highest BCUT2D eigenvalue weighted by molar-refractivity contribution is 9.10. The van der Waals surface area contributed by atoms with Crippen LogP contribution in [0, 0.1) is 0 Å². The molecule has 2 aromatic rings. The average Bonchev–Trinajstić information content (AvgIpc) is 2.68. The molecule has 1 aliphatic rings. The second kappa shape index (κ2) is 4.27. The number of para-hydroxylation sites is 1. The van der Waals surface area contributed by atoms with E-state index in [1.165, 1.54) is 0 Å². The molecule has 2 aromatic carbocycles. The molecule has 0 spiro atoms. The van der Waals surface area contributed by atoms with E-state index >= 15 is 0 Å². The van der Waals surface area contributed by atoms with Gasteiger partial charge in [-0.2, -0.15) is 0 Å². The van der Waals surface area contributed by atoms with Crippen molar-refractivity contribution in [3.8, 4) is 0 Å². The summed E-state index contributed by atoms with van der Waals surface area (Å²) >= 11 is 3.42. The van der Waals surface area contributed by atoms with Gasteiger partial charge in [-0.3, -0.25) is 4.31 Å². The molecule has 1 atom stereocenters. The van der Waals surface area contributed by atoms with Gasteiger partial charge in [0.15, 0.2) is 11.0 Å². The Hall–Kier alpha value is -1.13. The van der Waals surface area contributed by atoms with E-state index in [1.807, 2.05) is 52.8 Å². The average molecular weight is 308 g/mol. The number of hydrogen-bond donors (Lipinski definition) is 0. The molecule has 1 aliphatic heterocycles. The van der Waals surface area contributed by atoms with E-state index < -0.39 is 11.0 Å². The van der Waals surface area contributed by atoms with Gasteiger partial charge >= 0.3 is 0 Å². The molecule has 0 aromatic heterocycles. The third kappa shape index (κ3) is 1.91. The smallest absolute Gasteiger partial charge is 0.153 e. The van der Waals surface area contributed by atoms with Gasteiger partial charge in [0.05, 0.1) is 11.4 Å². The van der Waals surface area contributed by atoms with E-state index in [9.17, 15) is 4.21 Å². The van der Waals surface area contributed by atoms with Crippen LogP contribution in [0.25, 0.3) is 0 Å². The molecule has 0 bridgehead atoms. The molecule has 3 rings (SSSR count). The van der Waals surface area contributed by atoms with Gasteiger partial charge < -0.3 is 0 Å². The summed E-state index contributed by atoms with van der Waals surface area (Å²) in [5.41, 5.74) is 2.13. The lowest BCUT2D eigenvalue weighted by Gasteiger charge is -2.15. The van der Waals surface area contributed by atoms with Crippen molar-refractivity contribution >= 4 is 32.6 Å². The highest BCUT2D eigenvalue weighted by atomic mass is 79.9. The lowest BCUT2D eigenvalue weighted by molar-refractivity contribution is 0.683. The number of rotatable bonds is 1. The molecular formula is C13H10BrNOS. The first kappa shape index (κ1) is 11.0. The first-order chi connectivity index (χ1) is 8.25. The van der Waals surface area contributed by atoms with Gasteiger partial charge in [0.1, 0.15) is 0 Å². The molecule has 0 amide bonds. The van der Waals surface area contributed by atoms with Crippen LogP contribution in [0.4, 0.5) is 5.69 Å². The summed E-state index contributed by atoms with van der Waals surface area (Å²) in [5, 5.41) is 0. The largest absolute Gasteiger partial charge is 0.283 e. The lowest BCUT2D eigenvalue weighted by atomic mass is 10.2. The van der Waals surface area contributed by atoms with Crippen LogP contribution in [-0.2, 0) is 17.5 Å². The third-order valence-corrected chi connectivity index (χ3v) is 4.77. The van der Waals surface area contributed by atoms with Crippen molar-refractivity contribution in [3.05, 3.63) is 58.6 Å². The van der Waals surface area contributed by atoms with E-state index in [2.05, 4.69) is 15.9 Å². The van der Waals surface area contributed by atoms with Crippen LogP contribution in [0.1, 0.15) is 5.56 Å². The number of halogens is 1. The number of fused-ring (bicyclic) bond motifs is 1. The summed E-state index contributed by atoms with van der Waals surface area (Å²) in [7, 11) is -1.09. The van der Waals surface area contributed by atoms with Crippen molar-refractivity contribution in [1.29, 1.82) is 0 Å². The Labute approximate surface area is 111 Å². The Morgan fingerprint density at radius 3 is 2.65 bits per heavy atom. The van der Waals surface area contributed by atoms with Crippen LogP contribution in [0.15, 0.2) is 57.9 Å². The molecule has 0 saturated carbocycles.